The minimum absolute atomic E-state index is 0.0524. The van der Waals surface area contributed by atoms with Crippen LogP contribution in [0.15, 0.2) is 12.2 Å². The molecule has 2 rings (SSSR count). The Balaban J connectivity index is 2.12. The van der Waals surface area contributed by atoms with Crippen molar-refractivity contribution in [3.05, 3.63) is 12.2 Å². The number of esters is 1. The molecule has 136 valence electrons. The Hall–Kier alpha value is -1.36. The van der Waals surface area contributed by atoms with E-state index in [2.05, 4.69) is 20.4 Å². The third-order valence-electron chi connectivity index (χ3n) is 6.75. The summed E-state index contributed by atoms with van der Waals surface area (Å²) in [4.78, 5) is 22.4. The Morgan fingerprint density at radius 3 is 2.58 bits per heavy atom. The zero-order valence-corrected chi connectivity index (χ0v) is 15.0. The SMILES string of the molecule is C=C1CCC2C(C)(COC(=O)CCC(=O)O)C(O)CCC2(C)C1C. The summed E-state index contributed by atoms with van der Waals surface area (Å²) in [5.41, 5.74) is 0.823. The Bertz CT molecular complexity index is 528. The molecule has 2 fully saturated rings. The number of carboxylic acid groups (broad SMARTS) is 1. The first kappa shape index (κ1) is 19.0. The second kappa shape index (κ2) is 6.87. The summed E-state index contributed by atoms with van der Waals surface area (Å²) >= 11 is 0. The second-order valence-corrected chi connectivity index (χ2v) is 8.09. The molecule has 5 atom stereocenters. The first-order chi connectivity index (χ1) is 11.1. The van der Waals surface area contributed by atoms with E-state index in [4.69, 9.17) is 9.84 Å². The van der Waals surface area contributed by atoms with Crippen molar-refractivity contribution in [1.29, 1.82) is 0 Å². The lowest BCUT2D eigenvalue weighted by molar-refractivity contribution is -0.174. The zero-order chi connectivity index (χ0) is 18.1. The van der Waals surface area contributed by atoms with Crippen molar-refractivity contribution in [3.63, 3.8) is 0 Å². The number of allylic oxidation sites excluding steroid dienone is 1. The number of hydrogen-bond donors (Lipinski definition) is 2. The third kappa shape index (κ3) is 3.37. The lowest BCUT2D eigenvalue weighted by atomic mass is 9.47. The first-order valence-electron chi connectivity index (χ1n) is 8.84. The fourth-order valence-electron chi connectivity index (χ4n) is 4.84. The van der Waals surface area contributed by atoms with Gasteiger partial charge >= 0.3 is 11.9 Å². The predicted molar refractivity (Wildman–Crippen MR) is 90.3 cm³/mol. The summed E-state index contributed by atoms with van der Waals surface area (Å²) in [5.74, 6) is -0.887. The molecule has 2 N–H and O–H groups in total. The van der Waals surface area contributed by atoms with Crippen LogP contribution in [0, 0.1) is 22.7 Å². The molecular weight excluding hydrogens is 308 g/mol. The molecule has 5 unspecified atom stereocenters. The number of carbonyl (C=O) groups is 2. The summed E-state index contributed by atoms with van der Waals surface area (Å²) < 4.78 is 5.38. The van der Waals surface area contributed by atoms with Crippen molar-refractivity contribution in [2.45, 2.75) is 65.4 Å². The molecule has 0 amide bonds. The topological polar surface area (TPSA) is 83.8 Å². The molecule has 5 heteroatoms. The van der Waals surface area contributed by atoms with Gasteiger partial charge in [0.2, 0.25) is 0 Å². The maximum Gasteiger partial charge on any atom is 0.306 e. The molecule has 0 heterocycles. The van der Waals surface area contributed by atoms with Gasteiger partial charge in [0.05, 0.1) is 25.6 Å². The number of aliphatic carboxylic acids is 1. The quantitative estimate of drug-likeness (QED) is 0.594. The molecular formula is C19H30O5. The van der Waals surface area contributed by atoms with E-state index in [1.54, 1.807) is 0 Å². The molecule has 2 saturated carbocycles. The van der Waals surface area contributed by atoms with Crippen LogP contribution >= 0.6 is 0 Å². The second-order valence-electron chi connectivity index (χ2n) is 8.09. The van der Waals surface area contributed by atoms with Gasteiger partial charge in [-0.15, -0.1) is 0 Å². The molecule has 2 aliphatic rings. The highest BCUT2D eigenvalue weighted by Gasteiger charge is 2.57. The summed E-state index contributed by atoms with van der Waals surface area (Å²) in [6.45, 7) is 10.8. The van der Waals surface area contributed by atoms with Gasteiger partial charge in [-0.25, -0.2) is 0 Å². The Morgan fingerprint density at radius 2 is 1.96 bits per heavy atom. The largest absolute Gasteiger partial charge is 0.481 e. The highest BCUT2D eigenvalue weighted by molar-refractivity contribution is 5.76. The summed E-state index contributed by atoms with van der Waals surface area (Å²) in [7, 11) is 0. The van der Waals surface area contributed by atoms with Crippen LogP contribution in [0.1, 0.15) is 59.3 Å². The Kier molecular flexibility index (Phi) is 5.43. The number of carbonyl (C=O) groups excluding carboxylic acids is 1. The monoisotopic (exact) mass is 338 g/mol. The minimum Gasteiger partial charge on any atom is -0.481 e. The number of aliphatic hydroxyl groups is 1. The van der Waals surface area contributed by atoms with Crippen molar-refractivity contribution >= 4 is 11.9 Å². The first-order valence-corrected chi connectivity index (χ1v) is 8.84. The maximum absolute atomic E-state index is 11.8. The highest BCUT2D eigenvalue weighted by atomic mass is 16.5. The highest BCUT2D eigenvalue weighted by Crippen LogP contribution is 2.60. The number of ether oxygens (including phenoxy) is 1. The van der Waals surface area contributed by atoms with E-state index < -0.39 is 23.5 Å². The smallest absolute Gasteiger partial charge is 0.306 e. The van der Waals surface area contributed by atoms with E-state index in [1.807, 2.05) is 6.92 Å². The summed E-state index contributed by atoms with van der Waals surface area (Å²) in [6, 6.07) is 0. The molecule has 0 bridgehead atoms. The average Bonchev–Trinajstić information content (AvgIpc) is 2.52. The Labute approximate surface area is 144 Å². The fraction of sp³-hybridized carbons (Fsp3) is 0.789. The van der Waals surface area contributed by atoms with Crippen LogP contribution in [0.2, 0.25) is 0 Å². The van der Waals surface area contributed by atoms with Gasteiger partial charge in [0, 0.05) is 5.41 Å². The molecule has 24 heavy (non-hydrogen) atoms. The number of rotatable bonds is 5. The lowest BCUT2D eigenvalue weighted by Gasteiger charge is -2.59. The van der Waals surface area contributed by atoms with Crippen LogP contribution in [0.4, 0.5) is 0 Å². The Morgan fingerprint density at radius 1 is 1.29 bits per heavy atom. The van der Waals surface area contributed by atoms with Crippen molar-refractivity contribution in [2.24, 2.45) is 22.7 Å². The molecule has 0 aromatic heterocycles. The van der Waals surface area contributed by atoms with Crippen molar-refractivity contribution in [3.8, 4) is 0 Å². The van der Waals surface area contributed by atoms with Gasteiger partial charge in [0.15, 0.2) is 0 Å². The average molecular weight is 338 g/mol. The number of carboxylic acids is 1. The lowest BCUT2D eigenvalue weighted by Crippen LogP contribution is -2.57. The van der Waals surface area contributed by atoms with Crippen LogP contribution in [-0.4, -0.2) is 34.9 Å². The van der Waals surface area contributed by atoms with E-state index >= 15 is 0 Å². The van der Waals surface area contributed by atoms with Crippen molar-refractivity contribution < 1.29 is 24.5 Å². The minimum atomic E-state index is -1.01. The summed E-state index contributed by atoms with van der Waals surface area (Å²) in [6.07, 6.45) is 2.65. The summed E-state index contributed by atoms with van der Waals surface area (Å²) in [5, 5.41) is 19.3. The maximum atomic E-state index is 11.8. The van der Waals surface area contributed by atoms with Gasteiger partial charge in [-0.05, 0) is 42.9 Å². The van der Waals surface area contributed by atoms with E-state index in [1.165, 1.54) is 5.57 Å². The van der Waals surface area contributed by atoms with Crippen LogP contribution in [-0.2, 0) is 14.3 Å². The van der Waals surface area contributed by atoms with E-state index in [9.17, 15) is 14.7 Å². The van der Waals surface area contributed by atoms with Gasteiger partial charge in [-0.1, -0.05) is 32.9 Å². The van der Waals surface area contributed by atoms with Gasteiger partial charge in [0.25, 0.3) is 0 Å². The number of fused-ring (bicyclic) bond motifs is 1. The van der Waals surface area contributed by atoms with E-state index in [0.29, 0.717) is 12.3 Å². The van der Waals surface area contributed by atoms with E-state index in [0.717, 1.165) is 19.3 Å². The molecule has 2 aliphatic carbocycles. The fourth-order valence-corrected chi connectivity index (χ4v) is 4.84. The third-order valence-corrected chi connectivity index (χ3v) is 6.75. The standard InChI is InChI=1S/C19H30O5/c1-12-5-6-14-18(3,13(12)2)10-9-15(20)19(14,4)11-24-17(23)8-7-16(21)22/h13-15,20H,1,5-11H2,2-4H3,(H,21,22). The van der Waals surface area contributed by atoms with Crippen molar-refractivity contribution in [2.75, 3.05) is 6.61 Å². The number of aliphatic hydroxyl groups excluding tert-OH is 1. The molecule has 0 spiro atoms. The molecule has 0 aliphatic heterocycles. The normalized spacial score (nSPS) is 39.2. The zero-order valence-electron chi connectivity index (χ0n) is 15.0. The van der Waals surface area contributed by atoms with Gasteiger partial charge in [0.1, 0.15) is 0 Å². The van der Waals surface area contributed by atoms with E-state index in [-0.39, 0.29) is 30.8 Å². The molecule has 0 radical (unpaired) electrons. The van der Waals surface area contributed by atoms with Gasteiger partial charge in [-0.2, -0.15) is 0 Å². The predicted octanol–water partition coefficient (Wildman–Crippen LogP) is 3.16. The van der Waals surface area contributed by atoms with Crippen LogP contribution in [0.3, 0.4) is 0 Å². The molecule has 5 nitrogen and oxygen atoms in total. The van der Waals surface area contributed by atoms with Gasteiger partial charge < -0.3 is 14.9 Å². The molecule has 0 aromatic carbocycles. The van der Waals surface area contributed by atoms with Gasteiger partial charge in [-0.3, -0.25) is 9.59 Å². The number of hydrogen-bond acceptors (Lipinski definition) is 4. The molecule has 0 aromatic rings. The van der Waals surface area contributed by atoms with Crippen LogP contribution in [0.5, 0.6) is 0 Å². The van der Waals surface area contributed by atoms with Crippen molar-refractivity contribution in [1.82, 2.24) is 0 Å². The van der Waals surface area contributed by atoms with Crippen LogP contribution < -0.4 is 0 Å². The molecule has 0 saturated heterocycles. The van der Waals surface area contributed by atoms with Crippen LogP contribution in [0.25, 0.3) is 0 Å².